The Morgan fingerprint density at radius 2 is 1.90 bits per heavy atom. The number of amides is 1. The molecule has 0 N–H and O–H groups in total. The lowest BCUT2D eigenvalue weighted by atomic mass is 10.2. The minimum absolute atomic E-state index is 0.0786. The molecule has 1 aromatic heterocycles. The quantitative estimate of drug-likeness (QED) is 0.525. The third kappa shape index (κ3) is 4.94. The summed E-state index contributed by atoms with van der Waals surface area (Å²) in [7, 11) is -3.52. The number of sulfone groups is 1. The highest BCUT2D eigenvalue weighted by Gasteiger charge is 2.20. The number of carbonyl (C=O) groups excluding carboxylic acids is 2. The van der Waals surface area contributed by atoms with E-state index in [0.29, 0.717) is 4.80 Å². The Morgan fingerprint density at radius 3 is 2.58 bits per heavy atom. The van der Waals surface area contributed by atoms with Gasteiger partial charge in [-0.05, 0) is 63.6 Å². The highest BCUT2D eigenvalue weighted by atomic mass is 32.2. The number of aromatic nitrogens is 1. The lowest BCUT2D eigenvalue weighted by Gasteiger charge is -2.08. The number of carbonyl (C=O) groups is 2. The maximum atomic E-state index is 12.9. The van der Waals surface area contributed by atoms with Gasteiger partial charge in [-0.2, -0.15) is 4.99 Å². The molecule has 0 aliphatic heterocycles. The second-order valence-electron chi connectivity index (χ2n) is 7.29. The van der Waals surface area contributed by atoms with Crippen molar-refractivity contribution in [2.75, 3.05) is 6.61 Å². The molecule has 0 aliphatic carbocycles. The molecule has 9 heteroatoms. The van der Waals surface area contributed by atoms with Crippen LogP contribution < -0.4 is 4.80 Å². The van der Waals surface area contributed by atoms with Crippen molar-refractivity contribution in [1.82, 2.24) is 4.57 Å². The Hall–Kier alpha value is -2.78. The molecule has 3 rings (SSSR count). The zero-order valence-corrected chi connectivity index (χ0v) is 19.4. The van der Waals surface area contributed by atoms with Crippen molar-refractivity contribution in [2.24, 2.45) is 4.99 Å². The first-order valence-corrected chi connectivity index (χ1v) is 12.2. The first-order chi connectivity index (χ1) is 14.6. The van der Waals surface area contributed by atoms with Crippen LogP contribution in [0.3, 0.4) is 0 Å². The van der Waals surface area contributed by atoms with Gasteiger partial charge in [-0.1, -0.05) is 23.5 Å². The van der Waals surface area contributed by atoms with Gasteiger partial charge in [-0.25, -0.2) is 8.42 Å². The standard InChI is InChI=1S/C22H24N2O5S2/c1-5-29-20(25)13-24-18-10-9-15(4)11-19(18)30-22(24)23-21(26)16-7-6-8-17(12-16)31(27,28)14(2)3/h6-12,14H,5,13H2,1-4H3. The van der Waals surface area contributed by atoms with Gasteiger partial charge < -0.3 is 9.30 Å². The fourth-order valence-electron chi connectivity index (χ4n) is 2.98. The van der Waals surface area contributed by atoms with Crippen LogP contribution in [-0.2, 0) is 25.9 Å². The zero-order valence-electron chi connectivity index (χ0n) is 17.8. The lowest BCUT2D eigenvalue weighted by Crippen LogP contribution is -2.23. The summed E-state index contributed by atoms with van der Waals surface area (Å²) in [6.07, 6.45) is 0. The second kappa shape index (κ2) is 9.15. The summed E-state index contributed by atoms with van der Waals surface area (Å²) in [6.45, 7) is 7.04. The van der Waals surface area contributed by atoms with Crippen LogP contribution in [0, 0.1) is 6.92 Å². The summed E-state index contributed by atoms with van der Waals surface area (Å²) in [5.41, 5.74) is 1.98. The van der Waals surface area contributed by atoms with Crippen LogP contribution in [0.5, 0.6) is 0 Å². The van der Waals surface area contributed by atoms with Crippen molar-refractivity contribution in [2.45, 2.75) is 44.4 Å². The van der Waals surface area contributed by atoms with Gasteiger partial charge in [0.15, 0.2) is 14.6 Å². The van der Waals surface area contributed by atoms with Crippen LogP contribution in [0.25, 0.3) is 10.2 Å². The predicted octanol–water partition coefficient (Wildman–Crippen LogP) is 3.50. The van der Waals surface area contributed by atoms with Gasteiger partial charge in [0.1, 0.15) is 6.54 Å². The van der Waals surface area contributed by atoms with Gasteiger partial charge in [0.25, 0.3) is 5.91 Å². The summed E-state index contributed by atoms with van der Waals surface area (Å²) in [4.78, 5) is 29.6. The van der Waals surface area contributed by atoms with Crippen LogP contribution in [-0.4, -0.2) is 36.7 Å². The van der Waals surface area contributed by atoms with Gasteiger partial charge in [-0.3, -0.25) is 9.59 Å². The molecule has 0 aliphatic rings. The second-order valence-corrected chi connectivity index (χ2v) is 10.8. The molecule has 1 amide bonds. The summed E-state index contributed by atoms with van der Waals surface area (Å²) in [5, 5.41) is -0.604. The number of benzene rings is 2. The van der Waals surface area contributed by atoms with E-state index < -0.39 is 27.0 Å². The molecule has 1 heterocycles. The minimum atomic E-state index is -3.52. The number of fused-ring (bicyclic) bond motifs is 1. The monoisotopic (exact) mass is 460 g/mol. The molecule has 0 radical (unpaired) electrons. The number of esters is 1. The van der Waals surface area contributed by atoms with Gasteiger partial charge in [-0.15, -0.1) is 0 Å². The molecule has 31 heavy (non-hydrogen) atoms. The third-order valence-electron chi connectivity index (χ3n) is 4.66. The lowest BCUT2D eigenvalue weighted by molar-refractivity contribution is -0.143. The van der Waals surface area contributed by atoms with E-state index >= 15 is 0 Å². The topological polar surface area (TPSA) is 94.8 Å². The highest BCUT2D eigenvalue weighted by molar-refractivity contribution is 7.92. The average molecular weight is 461 g/mol. The van der Waals surface area contributed by atoms with Crippen LogP contribution in [0.1, 0.15) is 36.7 Å². The fraction of sp³-hybridized carbons (Fsp3) is 0.318. The normalized spacial score (nSPS) is 12.5. The molecule has 0 saturated heterocycles. The molecular formula is C22H24N2O5S2. The van der Waals surface area contributed by atoms with Crippen LogP contribution in [0.4, 0.5) is 0 Å². The van der Waals surface area contributed by atoms with Crippen molar-refractivity contribution in [1.29, 1.82) is 0 Å². The number of thiazole rings is 1. The fourth-order valence-corrected chi connectivity index (χ4v) is 5.21. The van der Waals surface area contributed by atoms with Crippen LogP contribution >= 0.6 is 11.3 Å². The van der Waals surface area contributed by atoms with E-state index in [-0.39, 0.29) is 23.6 Å². The average Bonchev–Trinajstić information content (AvgIpc) is 3.04. The van der Waals surface area contributed by atoms with E-state index in [1.165, 1.54) is 35.6 Å². The number of aryl methyl sites for hydroxylation is 1. The molecule has 0 saturated carbocycles. The Morgan fingerprint density at radius 1 is 1.16 bits per heavy atom. The Balaban J connectivity index is 2.10. The molecule has 7 nitrogen and oxygen atoms in total. The Kier molecular flexibility index (Phi) is 6.76. The predicted molar refractivity (Wildman–Crippen MR) is 120 cm³/mol. The summed E-state index contributed by atoms with van der Waals surface area (Å²) < 4.78 is 32.5. The molecule has 0 unspecified atom stereocenters. The number of rotatable bonds is 6. The van der Waals surface area contributed by atoms with Gasteiger partial charge in [0, 0.05) is 5.56 Å². The Labute approximate surface area is 184 Å². The van der Waals surface area contributed by atoms with E-state index in [1.54, 1.807) is 25.3 Å². The maximum absolute atomic E-state index is 12.9. The molecule has 0 bridgehead atoms. The Bertz CT molecular complexity index is 1320. The molecular weight excluding hydrogens is 436 g/mol. The zero-order chi connectivity index (χ0) is 22.8. The first kappa shape index (κ1) is 22.9. The first-order valence-electron chi connectivity index (χ1n) is 9.82. The van der Waals surface area contributed by atoms with Gasteiger partial charge in [0.05, 0.1) is 27.0 Å². The molecule has 0 spiro atoms. The number of hydrogen-bond donors (Lipinski definition) is 0. The highest BCUT2D eigenvalue weighted by Crippen LogP contribution is 2.20. The molecule has 0 atom stereocenters. The van der Waals surface area contributed by atoms with E-state index in [0.717, 1.165) is 15.8 Å². The summed E-state index contributed by atoms with van der Waals surface area (Å²) >= 11 is 1.29. The van der Waals surface area contributed by atoms with Crippen molar-refractivity contribution < 1.29 is 22.7 Å². The van der Waals surface area contributed by atoms with Gasteiger partial charge in [0.2, 0.25) is 0 Å². The molecule has 0 fully saturated rings. The third-order valence-corrected chi connectivity index (χ3v) is 7.85. The van der Waals surface area contributed by atoms with Crippen molar-refractivity contribution in [3.05, 3.63) is 58.4 Å². The molecule has 164 valence electrons. The minimum Gasteiger partial charge on any atom is -0.465 e. The smallest absolute Gasteiger partial charge is 0.326 e. The largest absolute Gasteiger partial charge is 0.465 e. The van der Waals surface area contributed by atoms with Crippen molar-refractivity contribution in [3.8, 4) is 0 Å². The number of ether oxygens (including phenoxy) is 1. The van der Waals surface area contributed by atoms with Crippen molar-refractivity contribution >= 4 is 43.3 Å². The maximum Gasteiger partial charge on any atom is 0.326 e. The van der Waals surface area contributed by atoms with E-state index in [4.69, 9.17) is 4.74 Å². The van der Waals surface area contributed by atoms with Crippen molar-refractivity contribution in [3.63, 3.8) is 0 Å². The number of hydrogen-bond acceptors (Lipinski definition) is 6. The van der Waals surface area contributed by atoms with Gasteiger partial charge >= 0.3 is 5.97 Å². The SMILES string of the molecule is CCOC(=O)Cn1c(=NC(=O)c2cccc(S(=O)(=O)C(C)C)c2)sc2cc(C)ccc21. The molecule has 2 aromatic carbocycles. The van der Waals surface area contributed by atoms with E-state index in [1.807, 2.05) is 25.1 Å². The summed E-state index contributed by atoms with van der Waals surface area (Å²) in [6, 6.07) is 11.6. The van der Waals surface area contributed by atoms with Crippen LogP contribution in [0.15, 0.2) is 52.4 Å². The van der Waals surface area contributed by atoms with Crippen LogP contribution in [0.2, 0.25) is 0 Å². The molecule has 3 aromatic rings. The number of nitrogens with zero attached hydrogens (tertiary/aromatic N) is 2. The summed E-state index contributed by atoms with van der Waals surface area (Å²) in [5.74, 6) is -1.01. The van der Waals surface area contributed by atoms with E-state index in [2.05, 4.69) is 4.99 Å². The van der Waals surface area contributed by atoms with E-state index in [9.17, 15) is 18.0 Å².